The average Bonchev–Trinajstić information content (AvgIpc) is 2.85. The molecule has 2 aliphatic rings. The number of ether oxygens (including phenoxy) is 4. The number of hydrogen-bond acceptors (Lipinski definition) is 12. The summed E-state index contributed by atoms with van der Waals surface area (Å²) in [6, 6.07) is 0. The third-order valence-electron chi connectivity index (χ3n) is 4.00. The lowest BCUT2D eigenvalue weighted by atomic mass is 9.99. The first-order valence-corrected chi connectivity index (χ1v) is 7.32. The zero-order valence-electron chi connectivity index (χ0n) is 13.0. The summed E-state index contributed by atoms with van der Waals surface area (Å²) in [5.41, 5.74) is 0. The molecule has 0 aromatic carbocycles. The summed E-state index contributed by atoms with van der Waals surface area (Å²) < 4.78 is 19.1. The molecular weight excluding hydrogens is 348 g/mol. The molecule has 9 atom stereocenters. The van der Waals surface area contributed by atoms with E-state index in [1.54, 1.807) is 0 Å². The van der Waals surface area contributed by atoms with Crippen LogP contribution < -0.4 is 0 Å². The van der Waals surface area contributed by atoms with Crippen molar-refractivity contribution in [3.05, 3.63) is 0 Å². The van der Waals surface area contributed by atoms with Crippen LogP contribution in [-0.2, 0) is 28.5 Å². The number of carbonyl (C=O) groups excluding carboxylic acids is 2. The summed E-state index contributed by atoms with van der Waals surface area (Å²) in [5.74, 6) is -2.52. The Bertz CT molecular complexity index is 495. The molecular formula is C13H20O12. The zero-order valence-corrected chi connectivity index (χ0v) is 13.0. The van der Waals surface area contributed by atoms with Gasteiger partial charge in [-0.25, -0.2) is 9.59 Å². The van der Waals surface area contributed by atoms with E-state index in [9.17, 15) is 40.2 Å². The van der Waals surface area contributed by atoms with Gasteiger partial charge in [0.05, 0.1) is 0 Å². The highest BCUT2D eigenvalue weighted by atomic mass is 16.7. The quantitative estimate of drug-likeness (QED) is 0.253. The number of rotatable bonds is 5. The lowest BCUT2D eigenvalue weighted by Crippen LogP contribution is -2.59. The molecule has 0 amide bonds. The third kappa shape index (κ3) is 3.91. The number of cyclic esters (lactones) is 1. The van der Waals surface area contributed by atoms with Crippen LogP contribution in [0.2, 0.25) is 0 Å². The van der Waals surface area contributed by atoms with E-state index in [1.165, 1.54) is 7.11 Å². The highest BCUT2D eigenvalue weighted by Crippen LogP contribution is 2.23. The van der Waals surface area contributed by atoms with Gasteiger partial charge in [0.25, 0.3) is 0 Å². The van der Waals surface area contributed by atoms with Crippen molar-refractivity contribution in [3.8, 4) is 0 Å². The molecule has 0 aliphatic carbocycles. The number of esters is 2. The van der Waals surface area contributed by atoms with Gasteiger partial charge < -0.3 is 49.6 Å². The van der Waals surface area contributed by atoms with Gasteiger partial charge in [-0.1, -0.05) is 0 Å². The molecule has 2 aliphatic heterocycles. The van der Waals surface area contributed by atoms with Crippen LogP contribution in [0.4, 0.5) is 0 Å². The molecule has 0 aromatic rings. The number of hydrogen-bond donors (Lipinski definition) is 6. The number of aliphatic hydroxyl groups excluding tert-OH is 6. The summed E-state index contributed by atoms with van der Waals surface area (Å²) in [7, 11) is 1.19. The molecule has 2 saturated heterocycles. The predicted molar refractivity (Wildman–Crippen MR) is 72.5 cm³/mol. The van der Waals surface area contributed by atoms with Crippen molar-refractivity contribution in [3.63, 3.8) is 0 Å². The van der Waals surface area contributed by atoms with Crippen LogP contribution in [0.1, 0.15) is 0 Å². The fourth-order valence-electron chi connectivity index (χ4n) is 2.48. The predicted octanol–water partition coefficient (Wildman–Crippen LogP) is -5.01. The summed E-state index contributed by atoms with van der Waals surface area (Å²) >= 11 is 0. The van der Waals surface area contributed by atoms with Crippen molar-refractivity contribution in [2.45, 2.75) is 55.1 Å². The van der Waals surface area contributed by atoms with Crippen LogP contribution in [0.5, 0.6) is 0 Å². The lowest BCUT2D eigenvalue weighted by molar-refractivity contribution is -0.295. The fourth-order valence-corrected chi connectivity index (χ4v) is 2.48. The van der Waals surface area contributed by atoms with Gasteiger partial charge in [-0.15, -0.1) is 0 Å². The minimum absolute atomic E-state index is 0.639. The second kappa shape index (κ2) is 7.88. The van der Waals surface area contributed by atoms with Crippen LogP contribution in [0, 0.1) is 0 Å². The Morgan fingerprint density at radius 1 is 1.12 bits per heavy atom. The lowest BCUT2D eigenvalue weighted by Gasteiger charge is -2.39. The van der Waals surface area contributed by atoms with E-state index in [2.05, 4.69) is 4.74 Å². The van der Waals surface area contributed by atoms with Gasteiger partial charge in [0.1, 0.15) is 37.1 Å². The van der Waals surface area contributed by atoms with Crippen molar-refractivity contribution in [1.82, 2.24) is 0 Å². The minimum atomic E-state index is -2.09. The molecule has 2 rings (SSSR count). The van der Waals surface area contributed by atoms with E-state index in [0.29, 0.717) is 0 Å². The first-order chi connectivity index (χ1) is 11.7. The molecule has 0 aromatic heterocycles. The largest absolute Gasteiger partial charge is 0.461 e. The van der Waals surface area contributed by atoms with Gasteiger partial charge in [-0.3, -0.25) is 0 Å². The Balaban J connectivity index is 1.92. The number of methoxy groups -OCH3 is 1. The van der Waals surface area contributed by atoms with Crippen LogP contribution in [0.15, 0.2) is 0 Å². The molecule has 0 radical (unpaired) electrons. The second-order valence-electron chi connectivity index (χ2n) is 5.66. The van der Waals surface area contributed by atoms with Crippen molar-refractivity contribution in [1.29, 1.82) is 0 Å². The van der Waals surface area contributed by atoms with Crippen LogP contribution in [0.3, 0.4) is 0 Å². The topological polar surface area (TPSA) is 192 Å². The summed E-state index contributed by atoms with van der Waals surface area (Å²) in [5, 5.41) is 57.6. The molecule has 2 heterocycles. The molecule has 12 heteroatoms. The minimum Gasteiger partial charge on any atom is -0.461 e. The van der Waals surface area contributed by atoms with Crippen molar-refractivity contribution in [2.24, 2.45) is 0 Å². The van der Waals surface area contributed by atoms with Gasteiger partial charge in [0.2, 0.25) is 0 Å². The molecule has 25 heavy (non-hydrogen) atoms. The smallest absolute Gasteiger partial charge is 0.339 e. The van der Waals surface area contributed by atoms with E-state index >= 15 is 0 Å². The van der Waals surface area contributed by atoms with Gasteiger partial charge >= 0.3 is 11.9 Å². The van der Waals surface area contributed by atoms with Gasteiger partial charge in [0.15, 0.2) is 24.6 Å². The van der Waals surface area contributed by atoms with E-state index in [1.807, 2.05) is 0 Å². The maximum Gasteiger partial charge on any atom is 0.339 e. The average molecular weight is 368 g/mol. The van der Waals surface area contributed by atoms with Gasteiger partial charge in [-0.05, 0) is 0 Å². The first kappa shape index (κ1) is 19.9. The molecule has 12 nitrogen and oxygen atoms in total. The molecule has 6 N–H and O–H groups in total. The highest BCUT2D eigenvalue weighted by molar-refractivity contribution is 5.81. The standard InChI is InChI=1S/C13H20O12/c1-22-13-8(18)5(15)4(14)3(24-13)2-23-11(20)9(19)10-6(16)7(17)12(21)25-10/h3-10,13-19H,2H2,1H3/t3-,4-,5+,6-,7+,8-,9-,10+,13+/m1/s1. The second-order valence-corrected chi connectivity index (χ2v) is 5.66. The Morgan fingerprint density at radius 2 is 1.76 bits per heavy atom. The van der Waals surface area contributed by atoms with Crippen LogP contribution in [0.25, 0.3) is 0 Å². The Morgan fingerprint density at radius 3 is 2.28 bits per heavy atom. The number of aliphatic hydroxyl groups is 6. The van der Waals surface area contributed by atoms with Crippen molar-refractivity contribution in [2.75, 3.05) is 13.7 Å². The summed E-state index contributed by atoms with van der Waals surface area (Å²) in [6.07, 6.45) is -14.8. The molecule has 2 fully saturated rings. The number of carbonyl (C=O) groups is 2. The molecule has 0 unspecified atom stereocenters. The maximum atomic E-state index is 11.8. The van der Waals surface area contributed by atoms with E-state index in [0.717, 1.165) is 0 Å². The zero-order chi connectivity index (χ0) is 18.9. The van der Waals surface area contributed by atoms with Crippen molar-refractivity contribution >= 4 is 11.9 Å². The highest BCUT2D eigenvalue weighted by Gasteiger charge is 2.49. The Hall–Kier alpha value is -1.38. The van der Waals surface area contributed by atoms with Gasteiger partial charge in [-0.2, -0.15) is 0 Å². The van der Waals surface area contributed by atoms with Gasteiger partial charge in [0, 0.05) is 7.11 Å². The third-order valence-corrected chi connectivity index (χ3v) is 4.00. The Labute approximate surface area is 141 Å². The van der Waals surface area contributed by atoms with E-state index in [-0.39, 0.29) is 0 Å². The normalized spacial score (nSPS) is 42.8. The van der Waals surface area contributed by atoms with Crippen LogP contribution in [-0.4, -0.2) is 111 Å². The molecule has 0 saturated carbocycles. The molecule has 144 valence electrons. The molecule has 0 spiro atoms. The fraction of sp³-hybridized carbons (Fsp3) is 0.846. The molecule has 0 bridgehead atoms. The monoisotopic (exact) mass is 368 g/mol. The van der Waals surface area contributed by atoms with E-state index < -0.39 is 73.7 Å². The van der Waals surface area contributed by atoms with Crippen molar-refractivity contribution < 1.29 is 59.2 Å². The Kier molecular flexibility index (Phi) is 6.29. The summed E-state index contributed by atoms with van der Waals surface area (Å²) in [4.78, 5) is 22.9. The van der Waals surface area contributed by atoms with Crippen LogP contribution >= 0.6 is 0 Å². The maximum absolute atomic E-state index is 11.8. The van der Waals surface area contributed by atoms with E-state index in [4.69, 9.17) is 14.2 Å². The summed E-state index contributed by atoms with van der Waals surface area (Å²) in [6.45, 7) is -0.639. The SMILES string of the molecule is CO[C@H]1O[C@H](COC(=O)[C@H](O)[C@H]2OC(=O)[C@@H](O)[C@H]2O)[C@@H](O)[C@H](O)[C@H]1O. The first-order valence-electron chi connectivity index (χ1n) is 7.32.